The van der Waals surface area contributed by atoms with Crippen molar-refractivity contribution in [2.75, 3.05) is 13.6 Å². The Kier molecular flexibility index (Phi) is 2.74. The molecule has 0 radical (unpaired) electrons. The Hall–Kier alpha value is 0.1000. The first kappa shape index (κ1) is 9.65. The minimum Gasteiger partial charge on any atom is -0.326 e. The fourth-order valence-corrected chi connectivity index (χ4v) is 3.57. The molecule has 1 saturated heterocycles. The Morgan fingerprint density at radius 3 is 2.92 bits per heavy atom. The molecular formula is C9H13BrN2S. The molecule has 13 heavy (non-hydrogen) atoms. The first-order valence-corrected chi connectivity index (χ1v) is 6.05. The van der Waals surface area contributed by atoms with Gasteiger partial charge in [-0.2, -0.15) is 0 Å². The fourth-order valence-electron chi connectivity index (χ4n) is 1.89. The predicted octanol–water partition coefficient (Wildman–Crippen LogP) is 2.21. The molecule has 0 amide bonds. The van der Waals surface area contributed by atoms with E-state index in [1.54, 1.807) is 11.3 Å². The molecule has 4 heteroatoms. The molecule has 1 aromatic heterocycles. The van der Waals surface area contributed by atoms with E-state index in [9.17, 15) is 0 Å². The number of nitrogens with two attached hydrogens (primary N) is 1. The van der Waals surface area contributed by atoms with Crippen molar-refractivity contribution in [1.29, 1.82) is 0 Å². The van der Waals surface area contributed by atoms with Crippen LogP contribution in [0.5, 0.6) is 0 Å². The summed E-state index contributed by atoms with van der Waals surface area (Å²) in [4.78, 5) is 3.71. The molecule has 72 valence electrons. The molecule has 1 aliphatic rings. The van der Waals surface area contributed by atoms with E-state index in [0.29, 0.717) is 12.1 Å². The summed E-state index contributed by atoms with van der Waals surface area (Å²) >= 11 is 5.26. The minimum atomic E-state index is 0.301. The van der Waals surface area contributed by atoms with E-state index in [1.165, 1.54) is 9.35 Å². The zero-order chi connectivity index (χ0) is 9.42. The highest BCUT2D eigenvalue weighted by Crippen LogP contribution is 2.34. The first-order chi connectivity index (χ1) is 6.18. The normalized spacial score (nSPS) is 29.8. The lowest BCUT2D eigenvalue weighted by Crippen LogP contribution is -2.28. The van der Waals surface area contributed by atoms with E-state index in [4.69, 9.17) is 5.73 Å². The number of nitrogens with zero attached hydrogens (tertiary/aromatic N) is 1. The summed E-state index contributed by atoms with van der Waals surface area (Å²) in [6.07, 6.45) is 1.11. The van der Waals surface area contributed by atoms with Crippen LogP contribution in [0.4, 0.5) is 0 Å². The van der Waals surface area contributed by atoms with Gasteiger partial charge in [0, 0.05) is 27.3 Å². The second-order valence-electron chi connectivity index (χ2n) is 3.55. The Morgan fingerprint density at radius 2 is 2.46 bits per heavy atom. The zero-order valence-corrected chi connectivity index (χ0v) is 9.94. The second kappa shape index (κ2) is 3.69. The molecule has 2 N–H and O–H groups in total. The van der Waals surface area contributed by atoms with E-state index < -0.39 is 0 Å². The van der Waals surface area contributed by atoms with Crippen LogP contribution in [0, 0.1) is 0 Å². The van der Waals surface area contributed by atoms with Crippen molar-refractivity contribution in [3.63, 3.8) is 0 Å². The van der Waals surface area contributed by atoms with Crippen LogP contribution >= 0.6 is 27.3 Å². The van der Waals surface area contributed by atoms with Gasteiger partial charge in [-0.1, -0.05) is 0 Å². The van der Waals surface area contributed by atoms with Gasteiger partial charge in [-0.05, 0) is 35.5 Å². The van der Waals surface area contributed by atoms with Crippen molar-refractivity contribution in [2.45, 2.75) is 18.5 Å². The summed E-state index contributed by atoms with van der Waals surface area (Å²) in [6.45, 7) is 1.11. The van der Waals surface area contributed by atoms with E-state index in [0.717, 1.165) is 13.0 Å². The second-order valence-corrected chi connectivity index (χ2v) is 5.40. The lowest BCUT2D eigenvalue weighted by atomic mass is 10.1. The van der Waals surface area contributed by atoms with Gasteiger partial charge in [0.25, 0.3) is 0 Å². The van der Waals surface area contributed by atoms with Crippen LogP contribution in [-0.4, -0.2) is 24.5 Å². The van der Waals surface area contributed by atoms with Gasteiger partial charge >= 0.3 is 0 Å². The molecule has 2 unspecified atom stereocenters. The maximum Gasteiger partial charge on any atom is 0.0591 e. The lowest BCUT2D eigenvalue weighted by Gasteiger charge is -2.21. The lowest BCUT2D eigenvalue weighted by molar-refractivity contribution is 0.308. The van der Waals surface area contributed by atoms with Crippen molar-refractivity contribution >= 4 is 27.3 Å². The molecular weight excluding hydrogens is 248 g/mol. The maximum absolute atomic E-state index is 6.06. The molecule has 2 rings (SSSR count). The van der Waals surface area contributed by atoms with Crippen LogP contribution in [0.25, 0.3) is 0 Å². The predicted molar refractivity (Wildman–Crippen MR) is 60.0 cm³/mol. The van der Waals surface area contributed by atoms with Crippen molar-refractivity contribution in [2.24, 2.45) is 5.73 Å². The van der Waals surface area contributed by atoms with E-state index in [-0.39, 0.29) is 0 Å². The number of likely N-dealkylation sites (N-methyl/N-ethyl adjacent to an activating group) is 1. The molecule has 0 saturated carbocycles. The standard InChI is InChI=1S/C9H13BrN2S/c1-12-3-2-7(11)9(12)8-4-6(10)5-13-8/h4-5,7,9H,2-3,11H2,1H3. The average Bonchev–Trinajstić information content (AvgIpc) is 2.60. The highest BCUT2D eigenvalue weighted by Gasteiger charge is 2.31. The summed E-state index contributed by atoms with van der Waals surface area (Å²) < 4.78 is 1.17. The van der Waals surface area contributed by atoms with Crippen molar-refractivity contribution in [1.82, 2.24) is 4.90 Å². The molecule has 1 aliphatic heterocycles. The molecule has 0 aromatic carbocycles. The molecule has 0 bridgehead atoms. The van der Waals surface area contributed by atoms with Gasteiger partial charge in [0.05, 0.1) is 6.04 Å². The van der Waals surface area contributed by atoms with Crippen molar-refractivity contribution in [3.8, 4) is 0 Å². The number of halogens is 1. The molecule has 2 nitrogen and oxygen atoms in total. The number of thiophene rings is 1. The van der Waals surface area contributed by atoms with Crippen LogP contribution in [0.2, 0.25) is 0 Å². The Bertz CT molecular complexity index is 290. The SMILES string of the molecule is CN1CCC(N)C1c1cc(Br)cs1. The summed E-state index contributed by atoms with van der Waals surface area (Å²) in [5, 5.41) is 2.12. The van der Waals surface area contributed by atoms with Gasteiger partial charge in [-0.15, -0.1) is 11.3 Å². The quantitative estimate of drug-likeness (QED) is 0.839. The monoisotopic (exact) mass is 260 g/mol. The Labute approximate surface area is 90.9 Å². The maximum atomic E-state index is 6.06. The number of likely N-dealkylation sites (tertiary alicyclic amines) is 1. The molecule has 0 aliphatic carbocycles. The number of rotatable bonds is 1. The average molecular weight is 261 g/mol. The zero-order valence-electron chi connectivity index (χ0n) is 7.53. The van der Waals surface area contributed by atoms with Gasteiger partial charge in [0.1, 0.15) is 0 Å². The molecule has 2 heterocycles. The topological polar surface area (TPSA) is 29.3 Å². The van der Waals surface area contributed by atoms with E-state index in [1.807, 2.05) is 0 Å². The molecule has 1 aromatic rings. The van der Waals surface area contributed by atoms with E-state index in [2.05, 4.69) is 39.3 Å². The minimum absolute atomic E-state index is 0.301. The van der Waals surface area contributed by atoms with Gasteiger partial charge < -0.3 is 5.73 Å². The fraction of sp³-hybridized carbons (Fsp3) is 0.556. The molecule has 0 spiro atoms. The van der Waals surface area contributed by atoms with Crippen LogP contribution < -0.4 is 5.73 Å². The highest BCUT2D eigenvalue weighted by molar-refractivity contribution is 9.10. The summed E-state index contributed by atoms with van der Waals surface area (Å²) in [5.74, 6) is 0. The first-order valence-electron chi connectivity index (χ1n) is 4.38. The third-order valence-corrected chi connectivity index (χ3v) is 4.34. The van der Waals surface area contributed by atoms with Gasteiger partial charge in [-0.25, -0.2) is 0 Å². The summed E-state index contributed by atoms with van der Waals surface area (Å²) in [6, 6.07) is 2.91. The van der Waals surface area contributed by atoms with Crippen molar-refractivity contribution < 1.29 is 0 Å². The van der Waals surface area contributed by atoms with Gasteiger partial charge in [-0.3, -0.25) is 4.90 Å². The number of hydrogen-bond acceptors (Lipinski definition) is 3. The largest absolute Gasteiger partial charge is 0.326 e. The summed E-state index contributed by atoms with van der Waals surface area (Å²) in [7, 11) is 2.14. The molecule has 1 fully saturated rings. The van der Waals surface area contributed by atoms with Crippen molar-refractivity contribution in [3.05, 3.63) is 20.8 Å². The smallest absolute Gasteiger partial charge is 0.0591 e. The van der Waals surface area contributed by atoms with Crippen LogP contribution in [0.3, 0.4) is 0 Å². The Morgan fingerprint density at radius 1 is 1.69 bits per heavy atom. The third kappa shape index (κ3) is 1.81. The van der Waals surface area contributed by atoms with Crippen LogP contribution in [0.15, 0.2) is 15.9 Å². The van der Waals surface area contributed by atoms with Gasteiger partial charge in [0.2, 0.25) is 0 Å². The van der Waals surface area contributed by atoms with Gasteiger partial charge in [0.15, 0.2) is 0 Å². The highest BCUT2D eigenvalue weighted by atomic mass is 79.9. The van der Waals surface area contributed by atoms with Crippen LogP contribution in [0.1, 0.15) is 17.3 Å². The molecule has 2 atom stereocenters. The Balaban J connectivity index is 2.24. The van der Waals surface area contributed by atoms with E-state index >= 15 is 0 Å². The summed E-state index contributed by atoms with van der Waals surface area (Å²) in [5.41, 5.74) is 6.06. The van der Waals surface area contributed by atoms with Crippen LogP contribution in [-0.2, 0) is 0 Å². The number of hydrogen-bond donors (Lipinski definition) is 1. The third-order valence-electron chi connectivity index (χ3n) is 2.57.